The number of hydrazine groups is 1. The minimum Gasteiger partial charge on any atom is -0.385 e. The van der Waals surface area contributed by atoms with Gasteiger partial charge in [0.1, 0.15) is 0 Å². The van der Waals surface area contributed by atoms with E-state index < -0.39 is 11.8 Å². The molecule has 0 aliphatic rings. The van der Waals surface area contributed by atoms with Crippen LogP contribution >= 0.6 is 0 Å². The average Bonchev–Trinajstić information content (AvgIpc) is 2.15. The van der Waals surface area contributed by atoms with Crippen LogP contribution < -0.4 is 11.3 Å². The molecule has 13 heavy (non-hydrogen) atoms. The number of hydrogen-bond donors (Lipinski definition) is 2. The largest absolute Gasteiger partial charge is 0.385 e. The molecule has 0 radical (unpaired) electrons. The molecule has 0 aromatic carbocycles. The number of methoxy groups -OCH3 is 1. The van der Waals surface area contributed by atoms with Gasteiger partial charge in [-0.15, -0.1) is 0 Å². The molecule has 0 aliphatic heterocycles. The second-order valence-electron chi connectivity index (χ2n) is 2.55. The van der Waals surface area contributed by atoms with Crippen LogP contribution in [-0.2, 0) is 14.3 Å². The summed E-state index contributed by atoms with van der Waals surface area (Å²) < 4.78 is 4.80. The first-order valence-corrected chi connectivity index (χ1v) is 3.88. The van der Waals surface area contributed by atoms with Gasteiger partial charge in [-0.05, 0) is 6.42 Å². The summed E-state index contributed by atoms with van der Waals surface area (Å²) in [6, 6.07) is 0. The van der Waals surface area contributed by atoms with Crippen molar-refractivity contribution in [3.63, 3.8) is 0 Å². The molecule has 76 valence electrons. The lowest BCUT2D eigenvalue weighted by molar-refractivity contribution is -0.145. The van der Waals surface area contributed by atoms with Crippen molar-refractivity contribution in [1.29, 1.82) is 0 Å². The second kappa shape index (κ2) is 6.38. The Labute approximate surface area is 77.0 Å². The monoisotopic (exact) mass is 189 g/mol. The third kappa shape index (κ3) is 4.44. The minimum atomic E-state index is -0.806. The SMILES string of the molecule is COCCCN(C)C(=O)C(=O)NN. The Morgan fingerprint density at radius 3 is 2.62 bits per heavy atom. The Balaban J connectivity index is 3.76. The van der Waals surface area contributed by atoms with Gasteiger partial charge in [0.05, 0.1) is 0 Å². The van der Waals surface area contributed by atoms with Gasteiger partial charge in [-0.1, -0.05) is 0 Å². The van der Waals surface area contributed by atoms with Gasteiger partial charge in [0.2, 0.25) is 0 Å². The third-order valence-electron chi connectivity index (χ3n) is 1.51. The summed E-state index contributed by atoms with van der Waals surface area (Å²) in [5.41, 5.74) is 1.77. The molecule has 0 saturated heterocycles. The number of likely N-dealkylation sites (N-methyl/N-ethyl adjacent to an activating group) is 1. The molecule has 2 amide bonds. The number of amides is 2. The molecule has 0 aliphatic carbocycles. The number of nitrogens with zero attached hydrogens (tertiary/aromatic N) is 1. The number of rotatable bonds is 4. The van der Waals surface area contributed by atoms with E-state index in [4.69, 9.17) is 10.6 Å². The maximum atomic E-state index is 11.1. The maximum absolute atomic E-state index is 11.1. The van der Waals surface area contributed by atoms with E-state index in [2.05, 4.69) is 0 Å². The highest BCUT2D eigenvalue weighted by atomic mass is 16.5. The van der Waals surface area contributed by atoms with Crippen LogP contribution in [0.5, 0.6) is 0 Å². The second-order valence-corrected chi connectivity index (χ2v) is 2.55. The van der Waals surface area contributed by atoms with E-state index in [1.165, 1.54) is 11.9 Å². The molecule has 0 spiro atoms. The van der Waals surface area contributed by atoms with Crippen LogP contribution in [0.15, 0.2) is 0 Å². The van der Waals surface area contributed by atoms with E-state index in [0.29, 0.717) is 19.6 Å². The molecule has 0 unspecified atom stereocenters. The van der Waals surface area contributed by atoms with Crippen molar-refractivity contribution in [2.45, 2.75) is 6.42 Å². The number of nitrogens with two attached hydrogens (primary N) is 1. The fraction of sp³-hybridized carbons (Fsp3) is 0.714. The van der Waals surface area contributed by atoms with Crippen LogP contribution in [0.3, 0.4) is 0 Å². The number of hydrogen-bond acceptors (Lipinski definition) is 4. The molecule has 0 rings (SSSR count). The van der Waals surface area contributed by atoms with Gasteiger partial charge in [0.25, 0.3) is 0 Å². The van der Waals surface area contributed by atoms with Crippen LogP contribution in [0.25, 0.3) is 0 Å². The highest BCUT2D eigenvalue weighted by Crippen LogP contribution is 1.89. The molecule has 6 nitrogen and oxygen atoms in total. The van der Waals surface area contributed by atoms with Gasteiger partial charge < -0.3 is 9.64 Å². The molecule has 0 aromatic rings. The summed E-state index contributed by atoms with van der Waals surface area (Å²) in [4.78, 5) is 23.1. The summed E-state index contributed by atoms with van der Waals surface area (Å²) in [7, 11) is 3.11. The van der Waals surface area contributed by atoms with Crippen molar-refractivity contribution in [2.75, 3.05) is 27.3 Å². The first-order chi connectivity index (χ1) is 6.13. The molecule has 0 saturated carbocycles. The molecule has 3 N–H and O–H groups in total. The van der Waals surface area contributed by atoms with Gasteiger partial charge in [-0.2, -0.15) is 0 Å². The van der Waals surface area contributed by atoms with E-state index in [9.17, 15) is 9.59 Å². The molecule has 0 fully saturated rings. The van der Waals surface area contributed by atoms with Crippen molar-refractivity contribution in [3.8, 4) is 0 Å². The molecule has 0 atom stereocenters. The fourth-order valence-electron chi connectivity index (χ4n) is 0.783. The summed E-state index contributed by atoms with van der Waals surface area (Å²) in [6.45, 7) is 1.03. The van der Waals surface area contributed by atoms with Gasteiger partial charge >= 0.3 is 11.8 Å². The number of carbonyl (C=O) groups excluding carboxylic acids is 2. The first kappa shape index (κ1) is 11.9. The van der Waals surface area contributed by atoms with Crippen molar-refractivity contribution in [2.24, 2.45) is 5.84 Å². The third-order valence-corrected chi connectivity index (χ3v) is 1.51. The molecule has 0 bridgehead atoms. The van der Waals surface area contributed by atoms with E-state index in [1.54, 1.807) is 12.5 Å². The minimum absolute atomic E-state index is 0.472. The zero-order valence-electron chi connectivity index (χ0n) is 7.87. The number of carbonyl (C=O) groups is 2. The van der Waals surface area contributed by atoms with Crippen LogP contribution in [0.2, 0.25) is 0 Å². The van der Waals surface area contributed by atoms with Gasteiger partial charge in [0, 0.05) is 27.3 Å². The van der Waals surface area contributed by atoms with Crippen molar-refractivity contribution in [1.82, 2.24) is 10.3 Å². The number of ether oxygens (including phenoxy) is 1. The van der Waals surface area contributed by atoms with Crippen molar-refractivity contribution >= 4 is 11.8 Å². The molecular weight excluding hydrogens is 174 g/mol. The van der Waals surface area contributed by atoms with Crippen molar-refractivity contribution < 1.29 is 14.3 Å². The van der Waals surface area contributed by atoms with Crippen LogP contribution in [0, 0.1) is 0 Å². The zero-order valence-corrected chi connectivity index (χ0v) is 7.87. The van der Waals surface area contributed by atoms with E-state index in [1.807, 2.05) is 0 Å². The highest BCUT2D eigenvalue weighted by molar-refractivity contribution is 6.34. The van der Waals surface area contributed by atoms with E-state index in [0.717, 1.165) is 0 Å². The lowest BCUT2D eigenvalue weighted by Crippen LogP contribution is -2.44. The zero-order chi connectivity index (χ0) is 10.3. The molecular formula is C7H15N3O3. The topological polar surface area (TPSA) is 84.7 Å². The van der Waals surface area contributed by atoms with Crippen LogP contribution in [-0.4, -0.2) is 44.0 Å². The Bertz CT molecular complexity index is 184. The van der Waals surface area contributed by atoms with Crippen LogP contribution in [0.1, 0.15) is 6.42 Å². The first-order valence-electron chi connectivity index (χ1n) is 3.88. The lowest BCUT2D eigenvalue weighted by atomic mass is 10.4. The summed E-state index contributed by atoms with van der Waals surface area (Å²) in [5, 5.41) is 0. The Kier molecular flexibility index (Phi) is 5.82. The van der Waals surface area contributed by atoms with Crippen LogP contribution in [0.4, 0.5) is 0 Å². The summed E-state index contributed by atoms with van der Waals surface area (Å²) >= 11 is 0. The molecule has 6 heteroatoms. The Morgan fingerprint density at radius 1 is 1.54 bits per heavy atom. The molecule has 0 aromatic heterocycles. The predicted molar refractivity (Wildman–Crippen MR) is 46.5 cm³/mol. The quantitative estimate of drug-likeness (QED) is 0.185. The van der Waals surface area contributed by atoms with E-state index in [-0.39, 0.29) is 0 Å². The lowest BCUT2D eigenvalue weighted by Gasteiger charge is -2.14. The van der Waals surface area contributed by atoms with Gasteiger partial charge in [-0.25, -0.2) is 5.84 Å². The smallest absolute Gasteiger partial charge is 0.323 e. The maximum Gasteiger partial charge on any atom is 0.323 e. The molecule has 0 heterocycles. The number of nitrogens with one attached hydrogen (secondary N) is 1. The fourth-order valence-corrected chi connectivity index (χ4v) is 0.783. The summed E-state index contributed by atoms with van der Waals surface area (Å²) in [5.74, 6) is 3.35. The van der Waals surface area contributed by atoms with Gasteiger partial charge in [-0.3, -0.25) is 15.0 Å². The highest BCUT2D eigenvalue weighted by Gasteiger charge is 2.16. The predicted octanol–water partition coefficient (Wildman–Crippen LogP) is -1.53. The normalized spacial score (nSPS) is 9.46. The standard InChI is InChI=1S/C7H15N3O3/c1-10(4-3-5-13-2)7(12)6(11)9-8/h3-5,8H2,1-2H3,(H,9,11). The Hall–Kier alpha value is -1.14. The van der Waals surface area contributed by atoms with Crippen molar-refractivity contribution in [3.05, 3.63) is 0 Å². The van der Waals surface area contributed by atoms with Gasteiger partial charge in [0.15, 0.2) is 0 Å². The Morgan fingerprint density at radius 2 is 2.15 bits per heavy atom. The summed E-state index contributed by atoms with van der Waals surface area (Å²) in [6.07, 6.45) is 0.691. The average molecular weight is 189 g/mol. The van der Waals surface area contributed by atoms with E-state index >= 15 is 0 Å².